The Morgan fingerprint density at radius 1 is 0.667 bits per heavy atom. The van der Waals surface area contributed by atoms with Crippen LogP contribution in [0.25, 0.3) is 0 Å². The second kappa shape index (κ2) is 9.58. The molecular formula is C23H32O10. The Kier molecular flexibility index (Phi) is 6.95. The second-order valence-electron chi connectivity index (χ2n) is 9.70. The lowest BCUT2D eigenvalue weighted by molar-refractivity contribution is -0.324. The van der Waals surface area contributed by atoms with Crippen molar-refractivity contribution in [1.82, 2.24) is 0 Å². The normalized spacial score (nSPS) is 41.2. The van der Waals surface area contributed by atoms with Crippen molar-refractivity contribution in [3.05, 3.63) is 0 Å². The molecule has 5 fully saturated rings. The molecule has 1 heterocycles. The zero-order chi connectivity index (χ0) is 23.9. The van der Waals surface area contributed by atoms with Gasteiger partial charge in [-0.25, -0.2) is 4.79 Å². The number of carbonyl (C=O) groups is 4. The summed E-state index contributed by atoms with van der Waals surface area (Å²) in [7, 11) is 1.17. The standard InChI is InChI=1S/C23H32O10/c1-10(24)29-18-19(30-11(2)25)21(31-12(3)26)23(33-20(18)22(27)28-4)32-17-15-6-13-5-14(8-15)9-16(17)7-13/h13-21,23H,5-9H2,1-4H3. The van der Waals surface area contributed by atoms with Crippen LogP contribution in [0.1, 0.15) is 52.9 Å². The number of ether oxygens (including phenoxy) is 6. The molecule has 184 valence electrons. The molecule has 4 aliphatic carbocycles. The lowest BCUT2D eigenvalue weighted by atomic mass is 9.55. The Balaban J connectivity index is 1.64. The van der Waals surface area contributed by atoms with Crippen LogP contribution >= 0.6 is 0 Å². The highest BCUT2D eigenvalue weighted by Gasteiger charge is 2.57. The van der Waals surface area contributed by atoms with Gasteiger partial charge in [-0.15, -0.1) is 0 Å². The van der Waals surface area contributed by atoms with E-state index in [2.05, 4.69) is 0 Å². The number of carbonyl (C=O) groups excluding carboxylic acids is 4. The van der Waals surface area contributed by atoms with Gasteiger partial charge in [0.1, 0.15) is 0 Å². The Morgan fingerprint density at radius 2 is 1.15 bits per heavy atom. The van der Waals surface area contributed by atoms with Crippen LogP contribution in [-0.4, -0.2) is 67.8 Å². The topological polar surface area (TPSA) is 124 Å². The van der Waals surface area contributed by atoms with Crippen molar-refractivity contribution >= 4 is 23.9 Å². The summed E-state index contributed by atoms with van der Waals surface area (Å²) < 4.78 is 33.4. The van der Waals surface area contributed by atoms with Gasteiger partial charge in [-0.1, -0.05) is 0 Å². The molecule has 0 N–H and O–H groups in total. The fourth-order valence-electron chi connectivity index (χ4n) is 6.44. The molecule has 4 saturated carbocycles. The minimum absolute atomic E-state index is 0.123. The highest BCUT2D eigenvalue weighted by Crippen LogP contribution is 2.55. The monoisotopic (exact) mass is 468 g/mol. The molecule has 0 spiro atoms. The van der Waals surface area contributed by atoms with Gasteiger partial charge in [0.2, 0.25) is 0 Å². The highest BCUT2D eigenvalue weighted by atomic mass is 16.7. The lowest BCUT2D eigenvalue weighted by Gasteiger charge is -2.55. The van der Waals surface area contributed by atoms with Crippen LogP contribution in [-0.2, 0) is 47.6 Å². The third-order valence-electron chi connectivity index (χ3n) is 7.27. The van der Waals surface area contributed by atoms with Gasteiger partial charge in [-0.05, 0) is 55.8 Å². The minimum Gasteiger partial charge on any atom is -0.467 e. The lowest BCUT2D eigenvalue weighted by Crippen LogP contribution is -2.65. The van der Waals surface area contributed by atoms with Crippen molar-refractivity contribution < 1.29 is 47.6 Å². The summed E-state index contributed by atoms with van der Waals surface area (Å²) in [5, 5.41) is 0. The molecule has 1 aliphatic heterocycles. The van der Waals surface area contributed by atoms with Gasteiger partial charge in [-0.2, -0.15) is 0 Å². The predicted molar refractivity (Wildman–Crippen MR) is 109 cm³/mol. The Hall–Kier alpha value is -2.20. The van der Waals surface area contributed by atoms with Gasteiger partial charge in [0.05, 0.1) is 13.2 Å². The summed E-state index contributed by atoms with van der Waals surface area (Å²) in [5.41, 5.74) is 0. The molecule has 10 heteroatoms. The zero-order valence-corrected chi connectivity index (χ0v) is 19.4. The summed E-state index contributed by atoms with van der Waals surface area (Å²) in [6.45, 7) is 3.53. The quantitative estimate of drug-likeness (QED) is 0.419. The van der Waals surface area contributed by atoms with Crippen molar-refractivity contribution in [2.75, 3.05) is 7.11 Å². The van der Waals surface area contributed by atoms with Crippen LogP contribution in [0.3, 0.4) is 0 Å². The van der Waals surface area contributed by atoms with Crippen molar-refractivity contribution in [2.24, 2.45) is 23.7 Å². The first-order chi connectivity index (χ1) is 15.7. The van der Waals surface area contributed by atoms with Crippen LogP contribution in [0.4, 0.5) is 0 Å². The van der Waals surface area contributed by atoms with Crippen LogP contribution in [0.2, 0.25) is 0 Å². The second-order valence-corrected chi connectivity index (χ2v) is 9.70. The van der Waals surface area contributed by atoms with Crippen molar-refractivity contribution in [3.63, 3.8) is 0 Å². The van der Waals surface area contributed by atoms with Crippen LogP contribution in [0.5, 0.6) is 0 Å². The van der Waals surface area contributed by atoms with Crippen LogP contribution < -0.4 is 0 Å². The van der Waals surface area contributed by atoms with Gasteiger partial charge in [0.25, 0.3) is 0 Å². The Bertz CT molecular complexity index is 766. The molecule has 33 heavy (non-hydrogen) atoms. The molecule has 5 aliphatic rings. The van der Waals surface area contributed by atoms with E-state index < -0.39 is 54.6 Å². The van der Waals surface area contributed by atoms with Gasteiger partial charge < -0.3 is 28.4 Å². The maximum atomic E-state index is 12.6. The first-order valence-electron chi connectivity index (χ1n) is 11.6. The smallest absolute Gasteiger partial charge is 0.339 e. The molecule has 5 unspecified atom stereocenters. The van der Waals surface area contributed by atoms with Gasteiger partial charge in [0, 0.05) is 20.8 Å². The fraction of sp³-hybridized carbons (Fsp3) is 0.826. The Morgan fingerprint density at radius 3 is 1.64 bits per heavy atom. The molecule has 5 rings (SSSR count). The van der Waals surface area contributed by atoms with E-state index in [4.69, 9.17) is 28.4 Å². The van der Waals surface area contributed by atoms with Gasteiger partial charge in [0.15, 0.2) is 30.7 Å². The average molecular weight is 468 g/mol. The number of rotatable bonds is 6. The fourth-order valence-corrected chi connectivity index (χ4v) is 6.44. The molecule has 0 amide bonds. The van der Waals surface area contributed by atoms with E-state index in [1.165, 1.54) is 27.4 Å². The minimum atomic E-state index is -1.42. The number of hydrogen-bond donors (Lipinski definition) is 0. The van der Waals surface area contributed by atoms with Crippen molar-refractivity contribution in [3.8, 4) is 0 Å². The predicted octanol–water partition coefficient (Wildman–Crippen LogP) is 1.52. The third kappa shape index (κ3) is 5.01. The van der Waals surface area contributed by atoms with Crippen molar-refractivity contribution in [2.45, 2.75) is 89.7 Å². The summed E-state index contributed by atoms with van der Waals surface area (Å²) in [5.74, 6) is -0.751. The Labute approximate surface area is 192 Å². The van der Waals surface area contributed by atoms with E-state index in [1.54, 1.807) is 0 Å². The maximum absolute atomic E-state index is 12.6. The van der Waals surface area contributed by atoms with E-state index in [9.17, 15) is 19.2 Å². The summed E-state index contributed by atoms with van der Waals surface area (Å²) in [6, 6.07) is 0. The van der Waals surface area contributed by atoms with Gasteiger partial charge in [-0.3, -0.25) is 14.4 Å². The molecular weight excluding hydrogens is 436 g/mol. The molecule has 4 bridgehead atoms. The van der Waals surface area contributed by atoms with Crippen LogP contribution in [0.15, 0.2) is 0 Å². The van der Waals surface area contributed by atoms with Crippen molar-refractivity contribution in [1.29, 1.82) is 0 Å². The van der Waals surface area contributed by atoms with E-state index in [0.29, 0.717) is 23.7 Å². The SMILES string of the molecule is COC(=O)C1OC(OC2C3CC4CC(C3)CC2C4)C(OC(C)=O)C(OC(C)=O)C1OC(C)=O. The van der Waals surface area contributed by atoms with Gasteiger partial charge >= 0.3 is 23.9 Å². The zero-order valence-electron chi connectivity index (χ0n) is 19.4. The molecule has 0 aromatic heterocycles. The average Bonchev–Trinajstić information content (AvgIpc) is 2.72. The summed E-state index contributed by atoms with van der Waals surface area (Å²) in [4.78, 5) is 48.2. The summed E-state index contributed by atoms with van der Waals surface area (Å²) >= 11 is 0. The van der Waals surface area contributed by atoms with E-state index in [-0.39, 0.29) is 6.10 Å². The van der Waals surface area contributed by atoms with E-state index >= 15 is 0 Å². The third-order valence-corrected chi connectivity index (χ3v) is 7.27. The molecule has 1 saturated heterocycles. The summed E-state index contributed by atoms with van der Waals surface area (Å²) in [6.07, 6.45) is -1.07. The maximum Gasteiger partial charge on any atom is 0.339 e. The molecule has 0 aromatic rings. The number of methoxy groups -OCH3 is 1. The number of esters is 4. The number of hydrogen-bond acceptors (Lipinski definition) is 10. The molecule has 5 atom stereocenters. The molecule has 0 radical (unpaired) electrons. The van der Waals surface area contributed by atoms with Crippen LogP contribution in [0, 0.1) is 23.7 Å². The van der Waals surface area contributed by atoms with E-state index in [0.717, 1.165) is 32.6 Å². The first-order valence-corrected chi connectivity index (χ1v) is 11.6. The highest BCUT2D eigenvalue weighted by molar-refractivity contribution is 5.77. The largest absolute Gasteiger partial charge is 0.467 e. The molecule has 10 nitrogen and oxygen atoms in total. The molecule has 0 aromatic carbocycles. The first kappa shape index (κ1) is 23.9. The van der Waals surface area contributed by atoms with E-state index in [1.807, 2.05) is 0 Å².